The molecule has 0 bridgehead atoms. The second-order valence-electron chi connectivity index (χ2n) is 5.25. The Balaban J connectivity index is 1.72. The number of hydrogen-bond acceptors (Lipinski definition) is 4. The number of nitrogens with zero attached hydrogens (tertiary/aromatic N) is 2. The molecule has 1 fully saturated rings. The summed E-state index contributed by atoms with van der Waals surface area (Å²) in [5.41, 5.74) is 0.920. The molecule has 2 heterocycles. The Morgan fingerprint density at radius 3 is 2.81 bits per heavy atom. The van der Waals surface area contributed by atoms with Gasteiger partial charge < -0.3 is 10.6 Å². The van der Waals surface area contributed by atoms with Crippen LogP contribution in [0.25, 0.3) is 0 Å². The molecule has 0 saturated carbocycles. The molecule has 1 aliphatic rings. The largest absolute Gasteiger partial charge is 0.352 e. The fourth-order valence-corrected chi connectivity index (χ4v) is 1.98. The van der Waals surface area contributed by atoms with Gasteiger partial charge in [0.05, 0.1) is 6.20 Å². The smallest absolute Gasteiger partial charge is 0.322 e. The van der Waals surface area contributed by atoms with Crippen molar-refractivity contribution in [3.05, 3.63) is 18.0 Å². The van der Waals surface area contributed by atoms with Crippen LogP contribution in [0.4, 0.5) is 4.79 Å². The lowest BCUT2D eigenvalue weighted by Crippen LogP contribution is -2.31. The zero-order valence-corrected chi connectivity index (χ0v) is 12.0. The third kappa shape index (κ3) is 4.04. The SMILES string of the molecule is CC(C)n1cc(CNC(=O)CC[C@@H]2NC(=O)NC2=O)cn1. The topological polar surface area (TPSA) is 105 Å². The molecule has 1 aromatic rings. The Kier molecular flexibility index (Phi) is 4.56. The van der Waals surface area contributed by atoms with Crippen LogP contribution in [-0.2, 0) is 16.1 Å². The van der Waals surface area contributed by atoms with Crippen molar-refractivity contribution >= 4 is 17.8 Å². The van der Waals surface area contributed by atoms with Gasteiger partial charge in [-0.3, -0.25) is 19.6 Å². The Hall–Kier alpha value is -2.38. The summed E-state index contributed by atoms with van der Waals surface area (Å²) >= 11 is 0. The first-order valence-electron chi connectivity index (χ1n) is 6.87. The molecule has 0 spiro atoms. The maximum Gasteiger partial charge on any atom is 0.322 e. The van der Waals surface area contributed by atoms with Crippen LogP contribution in [0.15, 0.2) is 12.4 Å². The van der Waals surface area contributed by atoms with E-state index in [0.29, 0.717) is 6.54 Å². The molecule has 0 unspecified atom stereocenters. The molecule has 0 aliphatic carbocycles. The van der Waals surface area contributed by atoms with E-state index in [4.69, 9.17) is 0 Å². The van der Waals surface area contributed by atoms with E-state index in [1.54, 1.807) is 6.20 Å². The Bertz CT molecular complexity index is 552. The van der Waals surface area contributed by atoms with Crippen molar-refractivity contribution in [2.75, 3.05) is 0 Å². The molecular weight excluding hydrogens is 274 g/mol. The predicted octanol–water partition coefficient (Wildman–Crippen LogP) is 0.0684. The van der Waals surface area contributed by atoms with E-state index in [9.17, 15) is 14.4 Å². The van der Waals surface area contributed by atoms with Gasteiger partial charge in [0.1, 0.15) is 6.04 Å². The van der Waals surface area contributed by atoms with Crippen LogP contribution in [-0.4, -0.2) is 33.7 Å². The summed E-state index contributed by atoms with van der Waals surface area (Å²) < 4.78 is 1.82. The monoisotopic (exact) mass is 293 g/mol. The van der Waals surface area contributed by atoms with Crippen molar-refractivity contribution in [1.82, 2.24) is 25.7 Å². The van der Waals surface area contributed by atoms with Gasteiger partial charge in [-0.25, -0.2) is 4.79 Å². The van der Waals surface area contributed by atoms with E-state index in [1.165, 1.54) is 0 Å². The van der Waals surface area contributed by atoms with Gasteiger partial charge in [0.2, 0.25) is 5.91 Å². The number of hydrogen-bond donors (Lipinski definition) is 3. The molecule has 1 atom stereocenters. The van der Waals surface area contributed by atoms with Gasteiger partial charge in [-0.1, -0.05) is 0 Å². The van der Waals surface area contributed by atoms with E-state index < -0.39 is 12.1 Å². The first-order chi connectivity index (χ1) is 9.95. The first-order valence-corrected chi connectivity index (χ1v) is 6.87. The maximum absolute atomic E-state index is 11.7. The number of amides is 4. The average Bonchev–Trinajstić information content (AvgIpc) is 3.01. The summed E-state index contributed by atoms with van der Waals surface area (Å²) in [6.45, 7) is 4.45. The highest BCUT2D eigenvalue weighted by atomic mass is 16.2. The zero-order chi connectivity index (χ0) is 15.4. The van der Waals surface area contributed by atoms with Gasteiger partial charge in [0.25, 0.3) is 5.91 Å². The molecule has 1 aliphatic heterocycles. The third-order valence-corrected chi connectivity index (χ3v) is 3.19. The van der Waals surface area contributed by atoms with Crippen molar-refractivity contribution in [3.8, 4) is 0 Å². The van der Waals surface area contributed by atoms with Crippen LogP contribution in [0.2, 0.25) is 0 Å². The van der Waals surface area contributed by atoms with Gasteiger partial charge in [-0.15, -0.1) is 0 Å². The van der Waals surface area contributed by atoms with Crippen LogP contribution in [0, 0.1) is 0 Å². The summed E-state index contributed by atoms with van der Waals surface area (Å²) in [5.74, 6) is -0.549. The van der Waals surface area contributed by atoms with Crippen molar-refractivity contribution in [2.24, 2.45) is 0 Å². The molecule has 8 heteroatoms. The van der Waals surface area contributed by atoms with Gasteiger partial charge >= 0.3 is 6.03 Å². The molecule has 21 heavy (non-hydrogen) atoms. The minimum Gasteiger partial charge on any atom is -0.352 e. The second kappa shape index (κ2) is 6.38. The minimum absolute atomic E-state index is 0.166. The minimum atomic E-state index is -0.619. The zero-order valence-electron chi connectivity index (χ0n) is 12.0. The Morgan fingerprint density at radius 2 is 2.24 bits per heavy atom. The van der Waals surface area contributed by atoms with Crippen LogP contribution in [0.3, 0.4) is 0 Å². The highest BCUT2D eigenvalue weighted by Crippen LogP contribution is 2.06. The Labute approximate surface area is 122 Å². The quantitative estimate of drug-likeness (QED) is 0.645. The van der Waals surface area contributed by atoms with Crippen LogP contribution in [0.5, 0.6) is 0 Å². The lowest BCUT2D eigenvalue weighted by atomic mass is 10.1. The van der Waals surface area contributed by atoms with E-state index in [0.717, 1.165) is 5.56 Å². The number of rotatable bonds is 6. The summed E-state index contributed by atoms with van der Waals surface area (Å²) in [4.78, 5) is 33.9. The standard InChI is InChI=1S/C13H19N5O3/c1-8(2)18-7-9(6-15-18)5-14-11(19)4-3-10-12(20)17-13(21)16-10/h6-8,10H,3-5H2,1-2H3,(H,14,19)(H2,16,17,20,21)/t10-/m0/s1. The number of imide groups is 1. The lowest BCUT2D eigenvalue weighted by Gasteiger charge is -2.07. The highest BCUT2D eigenvalue weighted by Gasteiger charge is 2.29. The third-order valence-electron chi connectivity index (χ3n) is 3.19. The van der Waals surface area contributed by atoms with Crippen molar-refractivity contribution < 1.29 is 14.4 Å². The molecule has 8 nitrogen and oxygen atoms in total. The van der Waals surface area contributed by atoms with E-state index in [2.05, 4.69) is 21.0 Å². The van der Waals surface area contributed by atoms with Gasteiger partial charge in [0.15, 0.2) is 0 Å². The highest BCUT2D eigenvalue weighted by molar-refractivity contribution is 6.04. The van der Waals surface area contributed by atoms with Gasteiger partial charge in [0, 0.05) is 30.8 Å². The second-order valence-corrected chi connectivity index (χ2v) is 5.25. The van der Waals surface area contributed by atoms with Crippen molar-refractivity contribution in [1.29, 1.82) is 0 Å². The van der Waals surface area contributed by atoms with Gasteiger partial charge in [-0.2, -0.15) is 5.10 Å². The Morgan fingerprint density at radius 1 is 1.48 bits per heavy atom. The number of aromatic nitrogens is 2. The number of urea groups is 1. The molecule has 0 aromatic carbocycles. The molecule has 0 radical (unpaired) electrons. The number of nitrogens with one attached hydrogen (secondary N) is 3. The van der Waals surface area contributed by atoms with Crippen LogP contribution in [0.1, 0.15) is 38.3 Å². The number of carbonyl (C=O) groups excluding carboxylic acids is 3. The maximum atomic E-state index is 11.7. The molecular formula is C13H19N5O3. The molecule has 1 saturated heterocycles. The molecule has 1 aromatic heterocycles. The van der Waals surface area contributed by atoms with Crippen LogP contribution < -0.4 is 16.0 Å². The van der Waals surface area contributed by atoms with E-state index in [-0.39, 0.29) is 30.7 Å². The van der Waals surface area contributed by atoms with E-state index in [1.807, 2.05) is 24.7 Å². The fraction of sp³-hybridized carbons (Fsp3) is 0.538. The molecule has 2 rings (SSSR count). The molecule has 3 N–H and O–H groups in total. The molecule has 4 amide bonds. The summed E-state index contributed by atoms with van der Waals surface area (Å²) in [6.07, 6.45) is 4.06. The average molecular weight is 293 g/mol. The first kappa shape index (κ1) is 15.0. The van der Waals surface area contributed by atoms with E-state index >= 15 is 0 Å². The number of carbonyl (C=O) groups is 3. The fourth-order valence-electron chi connectivity index (χ4n) is 1.98. The van der Waals surface area contributed by atoms with Crippen molar-refractivity contribution in [2.45, 2.75) is 45.3 Å². The summed E-state index contributed by atoms with van der Waals surface area (Å²) in [5, 5.41) is 11.5. The summed E-state index contributed by atoms with van der Waals surface area (Å²) in [7, 11) is 0. The van der Waals surface area contributed by atoms with Gasteiger partial charge in [-0.05, 0) is 20.3 Å². The normalized spacial score (nSPS) is 17.8. The summed E-state index contributed by atoms with van der Waals surface area (Å²) in [6, 6.07) is -0.850. The molecule has 114 valence electrons. The lowest BCUT2D eigenvalue weighted by molar-refractivity contribution is -0.122. The predicted molar refractivity (Wildman–Crippen MR) is 74.2 cm³/mol. The van der Waals surface area contributed by atoms with Crippen molar-refractivity contribution in [3.63, 3.8) is 0 Å². The van der Waals surface area contributed by atoms with Crippen LogP contribution >= 0.6 is 0 Å².